The summed E-state index contributed by atoms with van der Waals surface area (Å²) in [5, 5.41) is -0.623. The second-order valence-corrected chi connectivity index (χ2v) is 2.43. The van der Waals surface area contributed by atoms with Crippen molar-refractivity contribution in [1.82, 2.24) is 4.98 Å². The van der Waals surface area contributed by atoms with Crippen molar-refractivity contribution >= 4 is 17.4 Å². The first-order chi connectivity index (χ1) is 5.41. The molecule has 12 heavy (non-hydrogen) atoms. The molecule has 0 fully saturated rings. The first-order valence-electron chi connectivity index (χ1n) is 2.90. The lowest BCUT2D eigenvalue weighted by molar-refractivity contribution is -0.137. The molecule has 0 aliphatic rings. The van der Waals surface area contributed by atoms with Crippen LogP contribution in [0.5, 0.6) is 0 Å². The van der Waals surface area contributed by atoms with E-state index in [2.05, 4.69) is 4.98 Å². The Morgan fingerprint density at radius 1 is 1.33 bits per heavy atom. The second-order valence-electron chi connectivity index (χ2n) is 2.07. The molecule has 1 aromatic heterocycles. The number of nitrogens with two attached hydrogens (primary N) is 1. The average molecular weight is 197 g/mol. The fourth-order valence-electron chi connectivity index (χ4n) is 0.660. The van der Waals surface area contributed by atoms with Crippen molar-refractivity contribution in [2.45, 2.75) is 6.18 Å². The maximum Gasteiger partial charge on any atom is 0.419 e. The lowest BCUT2D eigenvalue weighted by atomic mass is 10.3. The van der Waals surface area contributed by atoms with E-state index in [0.717, 1.165) is 12.1 Å². The summed E-state index contributed by atoms with van der Waals surface area (Å²) in [6.45, 7) is 0. The van der Waals surface area contributed by atoms with Crippen molar-refractivity contribution in [3.8, 4) is 0 Å². The number of nitrogens with zero attached hydrogens (tertiary/aromatic N) is 1. The lowest BCUT2D eigenvalue weighted by Gasteiger charge is -2.07. The number of hydrogen-bond acceptors (Lipinski definition) is 2. The number of halogens is 4. The highest BCUT2D eigenvalue weighted by Gasteiger charge is 2.33. The molecule has 0 bridgehead atoms. The number of rotatable bonds is 0. The van der Waals surface area contributed by atoms with E-state index in [-0.39, 0.29) is 5.82 Å². The fourth-order valence-corrected chi connectivity index (χ4v) is 0.927. The van der Waals surface area contributed by atoms with E-state index in [9.17, 15) is 13.2 Å². The number of hydrogen-bond donors (Lipinski definition) is 1. The summed E-state index contributed by atoms with van der Waals surface area (Å²) in [6.07, 6.45) is -4.47. The van der Waals surface area contributed by atoms with E-state index < -0.39 is 16.9 Å². The van der Waals surface area contributed by atoms with Crippen molar-refractivity contribution in [3.05, 3.63) is 22.8 Å². The quantitative estimate of drug-likeness (QED) is 0.647. The molecule has 1 rings (SSSR count). The molecular formula is C6H4ClF3N2. The Kier molecular flexibility index (Phi) is 2.14. The lowest BCUT2D eigenvalue weighted by Crippen LogP contribution is -2.07. The SMILES string of the molecule is Nc1ccc(C(F)(F)F)c(Cl)n1. The van der Waals surface area contributed by atoms with Gasteiger partial charge in [0.15, 0.2) is 0 Å². The summed E-state index contributed by atoms with van der Waals surface area (Å²) < 4.78 is 36.0. The first-order valence-corrected chi connectivity index (χ1v) is 3.28. The van der Waals surface area contributed by atoms with Gasteiger partial charge in [0.2, 0.25) is 0 Å². The largest absolute Gasteiger partial charge is 0.419 e. The van der Waals surface area contributed by atoms with Crippen LogP contribution < -0.4 is 5.73 Å². The summed E-state index contributed by atoms with van der Waals surface area (Å²) in [4.78, 5) is 3.26. The molecule has 0 saturated carbocycles. The Balaban J connectivity index is 3.19. The maximum atomic E-state index is 12.0. The van der Waals surface area contributed by atoms with Gasteiger partial charge in [-0.25, -0.2) is 4.98 Å². The monoisotopic (exact) mass is 196 g/mol. The van der Waals surface area contributed by atoms with Gasteiger partial charge in [-0.1, -0.05) is 11.6 Å². The third-order valence-corrected chi connectivity index (χ3v) is 1.46. The maximum absolute atomic E-state index is 12.0. The van der Waals surface area contributed by atoms with Crippen LogP contribution in [0.3, 0.4) is 0 Å². The molecule has 0 spiro atoms. The molecule has 0 radical (unpaired) electrons. The molecule has 6 heteroatoms. The van der Waals surface area contributed by atoms with Crippen molar-refractivity contribution in [1.29, 1.82) is 0 Å². The van der Waals surface area contributed by atoms with Crippen LogP contribution in [0, 0.1) is 0 Å². The highest BCUT2D eigenvalue weighted by Crippen LogP contribution is 2.33. The fraction of sp³-hybridized carbons (Fsp3) is 0.167. The van der Waals surface area contributed by atoms with Gasteiger partial charge >= 0.3 is 6.18 Å². The van der Waals surface area contributed by atoms with E-state index in [1.54, 1.807) is 0 Å². The molecule has 0 atom stereocenters. The molecule has 2 N–H and O–H groups in total. The predicted octanol–water partition coefficient (Wildman–Crippen LogP) is 2.34. The van der Waals surface area contributed by atoms with Crippen LogP contribution in [0.1, 0.15) is 5.56 Å². The Labute approximate surface area is 71.2 Å². The zero-order chi connectivity index (χ0) is 9.35. The minimum atomic E-state index is -4.47. The minimum Gasteiger partial charge on any atom is -0.384 e. The summed E-state index contributed by atoms with van der Waals surface area (Å²) in [6, 6.07) is 1.85. The van der Waals surface area contributed by atoms with Crippen molar-refractivity contribution in [3.63, 3.8) is 0 Å². The summed E-state index contributed by atoms with van der Waals surface area (Å²) in [7, 11) is 0. The van der Waals surface area contributed by atoms with E-state index in [0.29, 0.717) is 0 Å². The van der Waals surface area contributed by atoms with Gasteiger partial charge in [0, 0.05) is 0 Å². The van der Waals surface area contributed by atoms with E-state index in [4.69, 9.17) is 17.3 Å². The van der Waals surface area contributed by atoms with E-state index >= 15 is 0 Å². The predicted molar refractivity (Wildman–Crippen MR) is 38.7 cm³/mol. The highest BCUT2D eigenvalue weighted by molar-refractivity contribution is 6.30. The van der Waals surface area contributed by atoms with Gasteiger partial charge in [0.05, 0.1) is 5.56 Å². The Bertz CT molecular complexity index is 297. The zero-order valence-electron chi connectivity index (χ0n) is 5.69. The van der Waals surface area contributed by atoms with Gasteiger partial charge in [-0.05, 0) is 12.1 Å². The molecule has 0 aliphatic carbocycles. The summed E-state index contributed by atoms with van der Waals surface area (Å²) in [5.41, 5.74) is 4.13. The summed E-state index contributed by atoms with van der Waals surface area (Å²) in [5.74, 6) is -0.0343. The van der Waals surface area contributed by atoms with Gasteiger partial charge in [-0.2, -0.15) is 13.2 Å². The van der Waals surface area contributed by atoms with E-state index in [1.165, 1.54) is 0 Å². The van der Waals surface area contributed by atoms with Gasteiger partial charge in [-0.15, -0.1) is 0 Å². The second kappa shape index (κ2) is 2.82. The minimum absolute atomic E-state index is 0.0343. The highest BCUT2D eigenvalue weighted by atomic mass is 35.5. The Morgan fingerprint density at radius 2 is 1.92 bits per heavy atom. The van der Waals surface area contributed by atoms with Crippen LogP contribution in [0.4, 0.5) is 19.0 Å². The van der Waals surface area contributed by atoms with Gasteiger partial charge in [0.25, 0.3) is 0 Å². The van der Waals surface area contributed by atoms with Gasteiger partial charge < -0.3 is 5.73 Å². The summed E-state index contributed by atoms with van der Waals surface area (Å²) >= 11 is 5.20. The number of nitrogen functional groups attached to an aromatic ring is 1. The van der Waals surface area contributed by atoms with Crippen molar-refractivity contribution in [2.75, 3.05) is 5.73 Å². The van der Waals surface area contributed by atoms with Crippen molar-refractivity contribution < 1.29 is 13.2 Å². The van der Waals surface area contributed by atoms with Crippen LogP contribution >= 0.6 is 11.6 Å². The van der Waals surface area contributed by atoms with Crippen LogP contribution in [-0.2, 0) is 6.18 Å². The first kappa shape index (κ1) is 9.12. The zero-order valence-corrected chi connectivity index (χ0v) is 6.45. The molecule has 1 heterocycles. The molecular weight excluding hydrogens is 193 g/mol. The Hall–Kier alpha value is -0.970. The standard InChI is InChI=1S/C6H4ClF3N2/c7-5-3(6(8,9)10)1-2-4(11)12-5/h1-2H,(H2,11,12). The van der Waals surface area contributed by atoms with Crippen LogP contribution in [0.2, 0.25) is 5.15 Å². The van der Waals surface area contributed by atoms with Crippen LogP contribution in [-0.4, -0.2) is 4.98 Å². The van der Waals surface area contributed by atoms with Crippen molar-refractivity contribution in [2.24, 2.45) is 0 Å². The molecule has 0 amide bonds. The topological polar surface area (TPSA) is 38.9 Å². The van der Waals surface area contributed by atoms with Crippen LogP contribution in [0.25, 0.3) is 0 Å². The molecule has 66 valence electrons. The van der Waals surface area contributed by atoms with Crippen LogP contribution in [0.15, 0.2) is 12.1 Å². The number of pyridine rings is 1. The molecule has 0 aliphatic heterocycles. The molecule has 0 aromatic carbocycles. The van der Waals surface area contributed by atoms with Gasteiger partial charge in [0.1, 0.15) is 11.0 Å². The third-order valence-electron chi connectivity index (χ3n) is 1.18. The molecule has 1 aromatic rings. The van der Waals surface area contributed by atoms with E-state index in [1.807, 2.05) is 0 Å². The molecule has 0 saturated heterocycles. The Morgan fingerprint density at radius 3 is 2.33 bits per heavy atom. The number of aromatic nitrogens is 1. The average Bonchev–Trinajstić information content (AvgIpc) is 1.83. The molecule has 2 nitrogen and oxygen atoms in total. The normalized spacial score (nSPS) is 11.7. The smallest absolute Gasteiger partial charge is 0.384 e. The molecule has 0 unspecified atom stereocenters. The number of alkyl halides is 3. The third kappa shape index (κ3) is 1.79. The van der Waals surface area contributed by atoms with Gasteiger partial charge in [-0.3, -0.25) is 0 Å². The number of anilines is 1.